The Morgan fingerprint density at radius 1 is 0.607 bits per heavy atom. The molecule has 0 N–H and O–H groups in total. The maximum Gasteiger partial charge on any atom is 0.0540 e. The van der Waals surface area contributed by atoms with Gasteiger partial charge in [-0.1, -0.05) is 46.5 Å². The van der Waals surface area contributed by atoms with Crippen molar-refractivity contribution in [2.45, 2.75) is 48.5 Å². The van der Waals surface area contributed by atoms with E-state index in [-0.39, 0.29) is 0 Å². The quantitative estimate of drug-likeness (QED) is 0.331. The van der Waals surface area contributed by atoms with Crippen LogP contribution in [0.3, 0.4) is 0 Å². The van der Waals surface area contributed by atoms with E-state index in [0.29, 0.717) is 0 Å². The average Bonchev–Trinajstić information content (AvgIpc) is 2.59. The molecule has 1 aliphatic rings. The third kappa shape index (κ3) is 2.86. The Labute approximate surface area is 169 Å². The van der Waals surface area contributed by atoms with Crippen molar-refractivity contribution in [3.05, 3.63) is 93.0 Å². The first-order valence-corrected chi connectivity index (χ1v) is 10.1. The van der Waals surface area contributed by atoms with E-state index in [1.807, 2.05) is 0 Å². The number of benzene rings is 3. The van der Waals surface area contributed by atoms with Gasteiger partial charge in [0.2, 0.25) is 0 Å². The Bertz CT molecular complexity index is 1050. The summed E-state index contributed by atoms with van der Waals surface area (Å²) in [6.07, 6.45) is 0. The molecule has 3 aromatic carbocycles. The lowest BCUT2D eigenvalue weighted by Crippen LogP contribution is -2.20. The summed E-state index contributed by atoms with van der Waals surface area (Å²) in [6, 6.07) is 18.3. The SMILES string of the molecule is CC(C)=C1c2cc(C)ccc2N(c2c(C)cc(C)cc2C)c2ccc(C)cc21. The molecule has 142 valence electrons. The summed E-state index contributed by atoms with van der Waals surface area (Å²) in [4.78, 5) is 2.47. The smallest absolute Gasteiger partial charge is 0.0540 e. The minimum atomic E-state index is 1.27. The van der Waals surface area contributed by atoms with Crippen molar-refractivity contribution < 1.29 is 0 Å². The van der Waals surface area contributed by atoms with E-state index in [1.165, 1.54) is 67.2 Å². The van der Waals surface area contributed by atoms with Gasteiger partial charge in [-0.05, 0) is 89.4 Å². The van der Waals surface area contributed by atoms with Crippen molar-refractivity contribution in [2.24, 2.45) is 0 Å². The second kappa shape index (κ2) is 6.67. The Balaban J connectivity index is 2.13. The topological polar surface area (TPSA) is 3.24 Å². The summed E-state index contributed by atoms with van der Waals surface area (Å²) in [5.74, 6) is 0. The number of hydrogen-bond acceptors (Lipinski definition) is 1. The van der Waals surface area contributed by atoms with Crippen molar-refractivity contribution in [2.75, 3.05) is 4.90 Å². The van der Waals surface area contributed by atoms with Crippen LogP contribution < -0.4 is 4.90 Å². The van der Waals surface area contributed by atoms with Gasteiger partial charge in [0.25, 0.3) is 0 Å². The number of aryl methyl sites for hydroxylation is 5. The number of nitrogens with zero attached hydrogens (tertiary/aromatic N) is 1. The highest BCUT2D eigenvalue weighted by atomic mass is 15.2. The Hall–Kier alpha value is -2.80. The molecule has 0 radical (unpaired) electrons. The first-order valence-electron chi connectivity index (χ1n) is 10.1. The van der Waals surface area contributed by atoms with Crippen LogP contribution >= 0.6 is 0 Å². The summed E-state index contributed by atoms with van der Waals surface area (Å²) in [5, 5.41) is 0. The van der Waals surface area contributed by atoms with E-state index in [4.69, 9.17) is 0 Å². The van der Waals surface area contributed by atoms with Gasteiger partial charge < -0.3 is 4.90 Å². The summed E-state index contributed by atoms with van der Waals surface area (Å²) >= 11 is 0. The van der Waals surface area contributed by atoms with Gasteiger partial charge in [-0.3, -0.25) is 0 Å². The molecule has 0 saturated heterocycles. The van der Waals surface area contributed by atoms with Crippen LogP contribution in [0.5, 0.6) is 0 Å². The van der Waals surface area contributed by atoms with E-state index in [0.717, 1.165) is 0 Å². The number of anilines is 3. The van der Waals surface area contributed by atoms with Crippen molar-refractivity contribution in [1.82, 2.24) is 0 Å². The maximum absolute atomic E-state index is 2.47. The fourth-order valence-corrected chi connectivity index (χ4v) is 4.67. The molecule has 0 spiro atoms. The van der Waals surface area contributed by atoms with E-state index >= 15 is 0 Å². The molecule has 0 aliphatic carbocycles. The van der Waals surface area contributed by atoms with Crippen LogP contribution in [0.15, 0.2) is 54.1 Å². The normalized spacial score (nSPS) is 12.7. The fraction of sp³-hybridized carbons (Fsp3) is 0.259. The molecule has 1 heteroatoms. The molecule has 1 nitrogen and oxygen atoms in total. The lowest BCUT2D eigenvalue weighted by Gasteiger charge is -2.37. The maximum atomic E-state index is 2.47. The Morgan fingerprint density at radius 3 is 1.50 bits per heavy atom. The predicted molar refractivity (Wildman–Crippen MR) is 122 cm³/mol. The van der Waals surface area contributed by atoms with Gasteiger partial charge in [-0.2, -0.15) is 0 Å². The van der Waals surface area contributed by atoms with Gasteiger partial charge in [0.1, 0.15) is 0 Å². The highest BCUT2D eigenvalue weighted by molar-refractivity contribution is 6.02. The van der Waals surface area contributed by atoms with Crippen molar-refractivity contribution >= 4 is 22.6 Å². The van der Waals surface area contributed by atoms with Crippen LogP contribution in [0.25, 0.3) is 5.57 Å². The van der Waals surface area contributed by atoms with Gasteiger partial charge in [0.05, 0.1) is 17.1 Å². The Kier molecular flexibility index (Phi) is 4.42. The van der Waals surface area contributed by atoms with Gasteiger partial charge in [-0.25, -0.2) is 0 Å². The number of rotatable bonds is 1. The zero-order valence-electron chi connectivity index (χ0n) is 18.1. The Morgan fingerprint density at radius 2 is 1.07 bits per heavy atom. The number of allylic oxidation sites excluding steroid dienone is 1. The van der Waals surface area contributed by atoms with Crippen LogP contribution in [-0.2, 0) is 0 Å². The summed E-state index contributed by atoms with van der Waals surface area (Å²) in [5.41, 5.74) is 15.8. The second-order valence-electron chi connectivity index (χ2n) is 8.50. The largest absolute Gasteiger partial charge is 0.309 e. The third-order valence-corrected chi connectivity index (χ3v) is 5.68. The molecule has 1 heterocycles. The van der Waals surface area contributed by atoms with Crippen LogP contribution in [0.2, 0.25) is 0 Å². The van der Waals surface area contributed by atoms with Crippen molar-refractivity contribution in [1.29, 1.82) is 0 Å². The second-order valence-corrected chi connectivity index (χ2v) is 8.50. The standard InChI is InChI=1S/C27H29N/c1-16(2)26-22-14-17(3)8-10-24(22)28(25-11-9-18(4)15-23(25)26)27-20(6)12-19(5)13-21(27)7/h8-15H,1-7H3. The molecule has 4 rings (SSSR count). The summed E-state index contributed by atoms with van der Waals surface area (Å²) < 4.78 is 0. The van der Waals surface area contributed by atoms with Gasteiger partial charge in [-0.15, -0.1) is 0 Å². The fourth-order valence-electron chi connectivity index (χ4n) is 4.67. The summed E-state index contributed by atoms with van der Waals surface area (Å²) in [7, 11) is 0. The molecular weight excluding hydrogens is 338 g/mol. The monoisotopic (exact) mass is 367 g/mol. The molecule has 0 saturated carbocycles. The molecule has 0 aromatic heterocycles. The number of fused-ring (bicyclic) bond motifs is 2. The zero-order chi connectivity index (χ0) is 20.2. The lowest BCUT2D eigenvalue weighted by atomic mass is 9.85. The van der Waals surface area contributed by atoms with Crippen molar-refractivity contribution in [3.63, 3.8) is 0 Å². The van der Waals surface area contributed by atoms with Gasteiger partial charge >= 0.3 is 0 Å². The van der Waals surface area contributed by atoms with Gasteiger partial charge in [0.15, 0.2) is 0 Å². The molecule has 0 atom stereocenters. The highest BCUT2D eigenvalue weighted by Crippen LogP contribution is 2.51. The molecule has 3 aromatic rings. The van der Waals surface area contributed by atoms with Crippen LogP contribution in [0, 0.1) is 34.6 Å². The molecule has 0 fully saturated rings. The molecular formula is C27H29N. The molecule has 28 heavy (non-hydrogen) atoms. The highest BCUT2D eigenvalue weighted by Gasteiger charge is 2.29. The molecule has 0 bridgehead atoms. The van der Waals surface area contributed by atoms with Crippen LogP contribution in [-0.4, -0.2) is 0 Å². The average molecular weight is 368 g/mol. The van der Waals surface area contributed by atoms with E-state index in [1.54, 1.807) is 0 Å². The molecule has 0 unspecified atom stereocenters. The van der Waals surface area contributed by atoms with E-state index in [2.05, 4.69) is 102 Å². The zero-order valence-corrected chi connectivity index (χ0v) is 18.1. The minimum Gasteiger partial charge on any atom is -0.309 e. The van der Waals surface area contributed by atoms with Crippen LogP contribution in [0.1, 0.15) is 52.8 Å². The first-order chi connectivity index (χ1) is 13.3. The van der Waals surface area contributed by atoms with E-state index in [9.17, 15) is 0 Å². The molecule has 0 amide bonds. The third-order valence-electron chi connectivity index (χ3n) is 5.68. The first kappa shape index (κ1) is 18.6. The van der Waals surface area contributed by atoms with Crippen LogP contribution in [0.4, 0.5) is 17.1 Å². The lowest BCUT2D eigenvalue weighted by molar-refractivity contribution is 1.16. The number of hydrogen-bond donors (Lipinski definition) is 0. The van der Waals surface area contributed by atoms with E-state index < -0.39 is 0 Å². The minimum absolute atomic E-state index is 1.27. The summed E-state index contributed by atoms with van der Waals surface area (Å²) in [6.45, 7) is 15.5. The van der Waals surface area contributed by atoms with Gasteiger partial charge in [0, 0.05) is 11.1 Å². The molecule has 1 aliphatic heterocycles. The van der Waals surface area contributed by atoms with Crippen molar-refractivity contribution in [3.8, 4) is 0 Å². The predicted octanol–water partition coefficient (Wildman–Crippen LogP) is 7.85.